The number of benzene rings is 2. The highest BCUT2D eigenvalue weighted by Crippen LogP contribution is 2.23. The van der Waals surface area contributed by atoms with E-state index in [-0.39, 0.29) is 18.9 Å². The van der Waals surface area contributed by atoms with Crippen LogP contribution in [0.4, 0.5) is 5.69 Å². The number of carbonyl (C=O) groups excluding carboxylic acids is 2. The highest BCUT2D eigenvalue weighted by Gasteiger charge is 2.09. The summed E-state index contributed by atoms with van der Waals surface area (Å²) in [7, 11) is 0. The van der Waals surface area contributed by atoms with E-state index in [0.717, 1.165) is 6.42 Å². The zero-order valence-corrected chi connectivity index (χ0v) is 14.7. The summed E-state index contributed by atoms with van der Waals surface area (Å²) in [5.41, 5.74) is 0.937. The third-order valence-corrected chi connectivity index (χ3v) is 3.55. The summed E-state index contributed by atoms with van der Waals surface area (Å²) in [6.45, 7) is 2.50. The molecule has 0 aliphatic carbocycles. The van der Waals surface area contributed by atoms with E-state index in [2.05, 4.69) is 5.32 Å². The van der Waals surface area contributed by atoms with Crippen LogP contribution in [0.3, 0.4) is 0 Å². The molecule has 0 unspecified atom stereocenters. The van der Waals surface area contributed by atoms with Gasteiger partial charge in [0.1, 0.15) is 5.75 Å². The molecule has 0 spiro atoms. The van der Waals surface area contributed by atoms with Crippen LogP contribution in [0.5, 0.6) is 5.75 Å². The van der Waals surface area contributed by atoms with Crippen molar-refractivity contribution in [1.82, 2.24) is 0 Å². The number of hydrogen-bond donors (Lipinski definition) is 1. The molecule has 0 bridgehead atoms. The topological polar surface area (TPSA) is 64.6 Å². The van der Waals surface area contributed by atoms with Crippen LogP contribution in [-0.2, 0) is 9.53 Å². The lowest BCUT2D eigenvalue weighted by Crippen LogP contribution is -2.15. The highest BCUT2D eigenvalue weighted by atomic mass is 35.5. The molecule has 2 aromatic carbocycles. The minimum atomic E-state index is -0.403. The van der Waals surface area contributed by atoms with Crippen molar-refractivity contribution in [1.29, 1.82) is 0 Å². The molecule has 6 heteroatoms. The average Bonchev–Trinajstić information content (AvgIpc) is 2.61. The number of rotatable bonds is 8. The third kappa shape index (κ3) is 6.12. The van der Waals surface area contributed by atoms with Gasteiger partial charge in [-0.25, -0.2) is 4.79 Å². The molecule has 2 aromatic rings. The first-order valence-electron chi connectivity index (χ1n) is 8.04. The highest BCUT2D eigenvalue weighted by molar-refractivity contribution is 6.32. The summed E-state index contributed by atoms with van der Waals surface area (Å²) in [5.74, 6) is -0.0798. The van der Waals surface area contributed by atoms with Gasteiger partial charge in [0.15, 0.2) is 0 Å². The molecule has 1 amide bonds. The van der Waals surface area contributed by atoms with Crippen LogP contribution in [0.1, 0.15) is 30.1 Å². The lowest BCUT2D eigenvalue weighted by Gasteiger charge is -2.09. The van der Waals surface area contributed by atoms with E-state index < -0.39 is 5.97 Å². The average molecular weight is 362 g/mol. The molecule has 25 heavy (non-hydrogen) atoms. The molecule has 5 nitrogen and oxygen atoms in total. The third-order valence-electron chi connectivity index (χ3n) is 3.24. The maximum atomic E-state index is 12.0. The Morgan fingerprint density at radius 2 is 1.88 bits per heavy atom. The van der Waals surface area contributed by atoms with Crippen LogP contribution in [0, 0.1) is 0 Å². The summed E-state index contributed by atoms with van der Waals surface area (Å²) in [4.78, 5) is 23.8. The van der Waals surface area contributed by atoms with Gasteiger partial charge < -0.3 is 14.8 Å². The molecule has 0 saturated carbocycles. The van der Waals surface area contributed by atoms with Crippen LogP contribution in [-0.4, -0.2) is 25.1 Å². The molecule has 0 atom stereocenters. The predicted molar refractivity (Wildman–Crippen MR) is 97.2 cm³/mol. The second kappa shape index (κ2) is 9.69. The van der Waals surface area contributed by atoms with Crippen molar-refractivity contribution in [3.63, 3.8) is 0 Å². The molecule has 0 fully saturated rings. The molecule has 0 heterocycles. The second-order valence-electron chi connectivity index (χ2n) is 5.29. The van der Waals surface area contributed by atoms with Gasteiger partial charge in [0.2, 0.25) is 5.91 Å². The Morgan fingerprint density at radius 1 is 1.08 bits per heavy atom. The van der Waals surface area contributed by atoms with Gasteiger partial charge in [0.25, 0.3) is 0 Å². The molecule has 0 aliphatic rings. The van der Waals surface area contributed by atoms with Crippen molar-refractivity contribution in [3.8, 4) is 5.75 Å². The summed E-state index contributed by atoms with van der Waals surface area (Å²) in [6.07, 6.45) is 0.920. The van der Waals surface area contributed by atoms with Crippen molar-refractivity contribution < 1.29 is 19.1 Å². The van der Waals surface area contributed by atoms with Gasteiger partial charge in [-0.3, -0.25) is 4.79 Å². The van der Waals surface area contributed by atoms with E-state index >= 15 is 0 Å². The minimum Gasteiger partial charge on any atom is -0.491 e. The van der Waals surface area contributed by atoms with E-state index in [1.165, 1.54) is 0 Å². The zero-order chi connectivity index (χ0) is 18.1. The van der Waals surface area contributed by atoms with E-state index in [0.29, 0.717) is 28.6 Å². The number of esters is 1. The summed E-state index contributed by atoms with van der Waals surface area (Å²) in [6, 6.07) is 13.7. The monoisotopic (exact) mass is 361 g/mol. The largest absolute Gasteiger partial charge is 0.491 e. The summed E-state index contributed by atoms with van der Waals surface area (Å²) < 4.78 is 10.6. The fraction of sp³-hybridized carbons (Fsp3) is 0.263. The summed E-state index contributed by atoms with van der Waals surface area (Å²) in [5, 5.41) is 3.24. The SMILES string of the molecule is CCCOC(=O)c1cccc(NC(=O)CCOc2ccccc2Cl)c1. The van der Waals surface area contributed by atoms with Crippen LogP contribution < -0.4 is 10.1 Å². The number of ether oxygens (including phenoxy) is 2. The molecular weight excluding hydrogens is 342 g/mol. The number of halogens is 1. The van der Waals surface area contributed by atoms with Crippen molar-refractivity contribution in [3.05, 3.63) is 59.1 Å². The first-order chi connectivity index (χ1) is 12.1. The van der Waals surface area contributed by atoms with Crippen LogP contribution in [0.25, 0.3) is 0 Å². The van der Waals surface area contributed by atoms with E-state index in [4.69, 9.17) is 21.1 Å². The Kier molecular flexibility index (Phi) is 7.29. The second-order valence-corrected chi connectivity index (χ2v) is 5.70. The number of anilines is 1. The molecule has 0 aromatic heterocycles. The predicted octanol–water partition coefficient (Wildman–Crippen LogP) is 4.31. The lowest BCUT2D eigenvalue weighted by molar-refractivity contribution is -0.116. The number of para-hydroxylation sites is 1. The maximum absolute atomic E-state index is 12.0. The van der Waals surface area contributed by atoms with E-state index in [1.54, 1.807) is 42.5 Å². The Morgan fingerprint density at radius 3 is 2.64 bits per heavy atom. The first kappa shape index (κ1) is 18.8. The van der Waals surface area contributed by atoms with Crippen molar-refractivity contribution in [2.24, 2.45) is 0 Å². The Balaban J connectivity index is 1.84. The zero-order valence-electron chi connectivity index (χ0n) is 14.0. The van der Waals surface area contributed by atoms with Crippen molar-refractivity contribution >= 4 is 29.2 Å². The standard InChI is InChI=1S/C19H20ClNO4/c1-2-11-25-19(23)14-6-5-7-15(13-14)21-18(22)10-12-24-17-9-4-3-8-16(17)20/h3-9,13H,2,10-12H2,1H3,(H,21,22). The molecule has 0 aliphatic heterocycles. The fourth-order valence-corrected chi connectivity index (χ4v) is 2.23. The quantitative estimate of drug-likeness (QED) is 0.711. The van der Waals surface area contributed by atoms with Crippen LogP contribution in [0.2, 0.25) is 5.02 Å². The van der Waals surface area contributed by atoms with Gasteiger partial charge in [-0.05, 0) is 36.8 Å². The van der Waals surface area contributed by atoms with Gasteiger partial charge >= 0.3 is 5.97 Å². The van der Waals surface area contributed by atoms with Crippen molar-refractivity contribution in [2.75, 3.05) is 18.5 Å². The maximum Gasteiger partial charge on any atom is 0.338 e. The Hall–Kier alpha value is -2.53. The van der Waals surface area contributed by atoms with Gasteiger partial charge in [-0.15, -0.1) is 0 Å². The van der Waals surface area contributed by atoms with Gasteiger partial charge in [0.05, 0.1) is 30.2 Å². The normalized spacial score (nSPS) is 10.2. The molecule has 132 valence electrons. The minimum absolute atomic E-state index is 0.162. The van der Waals surface area contributed by atoms with E-state index in [9.17, 15) is 9.59 Å². The van der Waals surface area contributed by atoms with Gasteiger partial charge in [-0.2, -0.15) is 0 Å². The van der Waals surface area contributed by atoms with Gasteiger partial charge in [-0.1, -0.05) is 36.7 Å². The Labute approximate surface area is 151 Å². The van der Waals surface area contributed by atoms with Crippen LogP contribution in [0.15, 0.2) is 48.5 Å². The molecule has 0 radical (unpaired) electrons. The number of hydrogen-bond acceptors (Lipinski definition) is 4. The summed E-state index contributed by atoms with van der Waals surface area (Å²) >= 11 is 5.98. The molecule has 1 N–H and O–H groups in total. The number of nitrogens with one attached hydrogen (secondary N) is 1. The number of carbonyl (C=O) groups is 2. The Bertz CT molecular complexity index is 733. The van der Waals surface area contributed by atoms with E-state index in [1.807, 2.05) is 13.0 Å². The fourth-order valence-electron chi connectivity index (χ4n) is 2.04. The first-order valence-corrected chi connectivity index (χ1v) is 8.42. The lowest BCUT2D eigenvalue weighted by atomic mass is 10.2. The smallest absolute Gasteiger partial charge is 0.338 e. The van der Waals surface area contributed by atoms with Crippen molar-refractivity contribution in [2.45, 2.75) is 19.8 Å². The molecular formula is C19H20ClNO4. The number of amides is 1. The van der Waals surface area contributed by atoms with Crippen LogP contribution >= 0.6 is 11.6 Å². The molecule has 0 saturated heterocycles. The van der Waals surface area contributed by atoms with Gasteiger partial charge in [0, 0.05) is 5.69 Å². The molecule has 2 rings (SSSR count).